The number of hydrogen-bond acceptors (Lipinski definition) is 4. The van der Waals surface area contributed by atoms with Gasteiger partial charge in [-0.25, -0.2) is 12.7 Å². The Morgan fingerprint density at radius 1 is 1.07 bits per heavy atom. The summed E-state index contributed by atoms with van der Waals surface area (Å²) in [5.41, 5.74) is -0.587. The first-order chi connectivity index (χ1) is 13.1. The number of sulfonamides is 1. The lowest BCUT2D eigenvalue weighted by Gasteiger charge is -2.20. The van der Waals surface area contributed by atoms with Crippen molar-refractivity contribution in [2.24, 2.45) is 0 Å². The maximum absolute atomic E-state index is 12.9. The molecule has 1 aromatic carbocycles. The molecule has 0 atom stereocenters. The first kappa shape index (κ1) is 20.4. The van der Waals surface area contributed by atoms with Crippen LogP contribution in [0.5, 0.6) is 0 Å². The van der Waals surface area contributed by atoms with E-state index in [1.807, 2.05) is 0 Å². The molecule has 1 saturated heterocycles. The molecule has 1 fully saturated rings. The number of hydrogen-bond donors (Lipinski definition) is 0. The zero-order chi connectivity index (χ0) is 20.5. The van der Waals surface area contributed by atoms with Gasteiger partial charge in [0.25, 0.3) is 5.91 Å². The van der Waals surface area contributed by atoms with Crippen LogP contribution < -0.4 is 0 Å². The number of amides is 1. The van der Waals surface area contributed by atoms with E-state index in [-0.39, 0.29) is 30.2 Å². The van der Waals surface area contributed by atoms with Gasteiger partial charge in [-0.3, -0.25) is 4.79 Å². The highest BCUT2D eigenvalue weighted by Crippen LogP contribution is 2.32. The van der Waals surface area contributed by atoms with Crippen molar-refractivity contribution < 1.29 is 30.8 Å². The molecular formula is C18H19F3N2O4S. The molecule has 3 rings (SSSR count). The Morgan fingerprint density at radius 3 is 2.50 bits per heavy atom. The molecule has 0 aliphatic carbocycles. The molecule has 2 aromatic rings. The average molecular weight is 416 g/mol. The molecule has 1 amide bonds. The fourth-order valence-electron chi connectivity index (χ4n) is 3.04. The second kappa shape index (κ2) is 7.59. The standard InChI is InChI=1S/C18H19F3N2O4S/c1-28(25,26)23-9-3-8-22(10-11-23)17(24)16-7-6-15(27-16)13-4-2-5-14(12-13)18(19,20)21/h2,4-7,12H,3,8-11H2,1H3. The molecule has 6 nitrogen and oxygen atoms in total. The Hall–Kier alpha value is -2.33. The molecule has 0 bridgehead atoms. The number of alkyl halides is 3. The molecular weight excluding hydrogens is 397 g/mol. The Morgan fingerprint density at radius 2 is 1.82 bits per heavy atom. The maximum Gasteiger partial charge on any atom is 0.416 e. The van der Waals surface area contributed by atoms with Gasteiger partial charge in [0.15, 0.2) is 5.76 Å². The molecule has 0 radical (unpaired) electrons. The number of carbonyl (C=O) groups is 1. The Bertz CT molecular complexity index is 969. The average Bonchev–Trinajstić information content (AvgIpc) is 2.97. The minimum absolute atomic E-state index is 0.000201. The predicted octanol–water partition coefficient (Wildman–Crippen LogP) is 3.07. The third-order valence-corrected chi connectivity index (χ3v) is 5.81. The van der Waals surface area contributed by atoms with Crippen molar-refractivity contribution in [3.05, 3.63) is 47.7 Å². The molecule has 0 N–H and O–H groups in total. The number of nitrogens with zero attached hydrogens (tertiary/aromatic N) is 2. The molecule has 1 aromatic heterocycles. The fraction of sp³-hybridized carbons (Fsp3) is 0.389. The van der Waals surface area contributed by atoms with E-state index in [0.717, 1.165) is 18.4 Å². The van der Waals surface area contributed by atoms with Crippen LogP contribution in [0.1, 0.15) is 22.5 Å². The van der Waals surface area contributed by atoms with Crippen LogP contribution in [0.15, 0.2) is 40.8 Å². The predicted molar refractivity (Wildman–Crippen MR) is 96.1 cm³/mol. The van der Waals surface area contributed by atoms with E-state index in [1.54, 1.807) is 0 Å². The lowest BCUT2D eigenvalue weighted by Crippen LogP contribution is -2.36. The number of benzene rings is 1. The molecule has 1 aliphatic rings. The first-order valence-corrected chi connectivity index (χ1v) is 10.4. The molecule has 28 heavy (non-hydrogen) atoms. The van der Waals surface area contributed by atoms with Gasteiger partial charge < -0.3 is 9.32 Å². The lowest BCUT2D eigenvalue weighted by molar-refractivity contribution is -0.137. The van der Waals surface area contributed by atoms with Gasteiger partial charge >= 0.3 is 6.18 Å². The summed E-state index contributed by atoms with van der Waals surface area (Å²) in [5, 5.41) is 0. The number of furan rings is 1. The van der Waals surface area contributed by atoms with E-state index in [9.17, 15) is 26.4 Å². The van der Waals surface area contributed by atoms with Crippen molar-refractivity contribution >= 4 is 15.9 Å². The summed E-state index contributed by atoms with van der Waals surface area (Å²) in [4.78, 5) is 14.1. The van der Waals surface area contributed by atoms with Gasteiger partial charge in [-0.1, -0.05) is 12.1 Å². The Balaban J connectivity index is 1.76. The van der Waals surface area contributed by atoms with Gasteiger partial charge in [0, 0.05) is 31.7 Å². The first-order valence-electron chi connectivity index (χ1n) is 8.57. The van der Waals surface area contributed by atoms with Gasteiger partial charge in [-0.15, -0.1) is 0 Å². The summed E-state index contributed by atoms with van der Waals surface area (Å²) in [6, 6.07) is 7.53. The van der Waals surface area contributed by atoms with Crippen LogP contribution in [-0.4, -0.2) is 56.0 Å². The smallest absolute Gasteiger partial charge is 0.416 e. The highest BCUT2D eigenvalue weighted by molar-refractivity contribution is 7.88. The summed E-state index contributed by atoms with van der Waals surface area (Å²) in [6.07, 6.45) is -2.86. The van der Waals surface area contributed by atoms with Crippen molar-refractivity contribution in [2.45, 2.75) is 12.6 Å². The van der Waals surface area contributed by atoms with Crippen LogP contribution in [0.25, 0.3) is 11.3 Å². The van der Waals surface area contributed by atoms with Crippen molar-refractivity contribution in [3.8, 4) is 11.3 Å². The van der Waals surface area contributed by atoms with E-state index < -0.39 is 27.7 Å². The van der Waals surface area contributed by atoms with Crippen molar-refractivity contribution in [1.29, 1.82) is 0 Å². The molecule has 10 heteroatoms. The number of rotatable bonds is 3. The maximum atomic E-state index is 12.9. The van der Waals surface area contributed by atoms with E-state index in [2.05, 4.69) is 0 Å². The highest BCUT2D eigenvalue weighted by Gasteiger charge is 2.31. The quantitative estimate of drug-likeness (QED) is 0.771. The lowest BCUT2D eigenvalue weighted by atomic mass is 10.1. The Kier molecular flexibility index (Phi) is 5.53. The minimum Gasteiger partial charge on any atom is -0.451 e. The zero-order valence-electron chi connectivity index (χ0n) is 15.1. The van der Waals surface area contributed by atoms with Crippen LogP contribution in [0.2, 0.25) is 0 Å². The van der Waals surface area contributed by atoms with Crippen LogP contribution in [-0.2, 0) is 16.2 Å². The van der Waals surface area contributed by atoms with Gasteiger partial charge in [0.05, 0.1) is 11.8 Å². The van der Waals surface area contributed by atoms with Crippen LogP contribution in [0.4, 0.5) is 13.2 Å². The van der Waals surface area contributed by atoms with E-state index in [0.29, 0.717) is 19.5 Å². The monoisotopic (exact) mass is 416 g/mol. The zero-order valence-corrected chi connectivity index (χ0v) is 15.9. The third-order valence-electron chi connectivity index (χ3n) is 4.50. The summed E-state index contributed by atoms with van der Waals surface area (Å²) in [5.74, 6) is -0.268. The van der Waals surface area contributed by atoms with Gasteiger partial charge in [-0.2, -0.15) is 13.2 Å². The van der Waals surface area contributed by atoms with E-state index in [1.165, 1.54) is 33.5 Å². The summed E-state index contributed by atoms with van der Waals surface area (Å²) < 4.78 is 68.8. The van der Waals surface area contributed by atoms with Gasteiger partial charge in [-0.05, 0) is 30.7 Å². The van der Waals surface area contributed by atoms with Crippen molar-refractivity contribution in [2.75, 3.05) is 32.4 Å². The molecule has 152 valence electrons. The highest BCUT2D eigenvalue weighted by atomic mass is 32.2. The summed E-state index contributed by atoms with van der Waals surface area (Å²) in [6.45, 7) is 1.10. The van der Waals surface area contributed by atoms with Crippen LogP contribution in [0.3, 0.4) is 0 Å². The SMILES string of the molecule is CS(=O)(=O)N1CCCN(C(=O)c2ccc(-c3cccc(C(F)(F)F)c3)o2)CC1. The largest absolute Gasteiger partial charge is 0.451 e. The topological polar surface area (TPSA) is 70.8 Å². The Labute approximate surface area is 160 Å². The molecule has 0 unspecified atom stereocenters. The second-order valence-electron chi connectivity index (χ2n) is 6.55. The van der Waals surface area contributed by atoms with Crippen LogP contribution >= 0.6 is 0 Å². The molecule has 1 aliphatic heterocycles. The third kappa shape index (κ3) is 4.56. The van der Waals surface area contributed by atoms with Gasteiger partial charge in [0.2, 0.25) is 10.0 Å². The normalized spacial score (nSPS) is 16.8. The van der Waals surface area contributed by atoms with Gasteiger partial charge in [0.1, 0.15) is 5.76 Å². The van der Waals surface area contributed by atoms with E-state index in [4.69, 9.17) is 4.42 Å². The van der Waals surface area contributed by atoms with E-state index >= 15 is 0 Å². The molecule has 0 spiro atoms. The summed E-state index contributed by atoms with van der Waals surface area (Å²) >= 11 is 0. The second-order valence-corrected chi connectivity index (χ2v) is 8.53. The van der Waals surface area contributed by atoms with Crippen molar-refractivity contribution in [3.63, 3.8) is 0 Å². The number of carbonyl (C=O) groups excluding carboxylic acids is 1. The molecule has 2 heterocycles. The summed E-state index contributed by atoms with van der Waals surface area (Å²) in [7, 11) is -3.33. The minimum atomic E-state index is -4.47. The molecule has 0 saturated carbocycles. The fourth-order valence-corrected chi connectivity index (χ4v) is 3.92. The van der Waals surface area contributed by atoms with Crippen LogP contribution in [0, 0.1) is 0 Å². The number of halogens is 3. The van der Waals surface area contributed by atoms with Crippen molar-refractivity contribution in [1.82, 2.24) is 9.21 Å².